The van der Waals surface area contributed by atoms with E-state index in [1.807, 2.05) is 24.1 Å². The zero-order valence-corrected chi connectivity index (χ0v) is 17.8. The summed E-state index contributed by atoms with van der Waals surface area (Å²) in [5.74, 6) is 0.885. The van der Waals surface area contributed by atoms with Gasteiger partial charge in [0.1, 0.15) is 22.7 Å². The Hall–Kier alpha value is -3.01. The van der Waals surface area contributed by atoms with Crippen LogP contribution in [0.3, 0.4) is 0 Å². The molecule has 1 aliphatic rings. The predicted octanol–water partition coefficient (Wildman–Crippen LogP) is 3.01. The van der Waals surface area contributed by atoms with Crippen molar-refractivity contribution in [1.29, 1.82) is 0 Å². The Balaban J connectivity index is 1.67. The molecule has 0 fully saturated rings. The maximum atomic E-state index is 13.0. The van der Waals surface area contributed by atoms with Gasteiger partial charge >= 0.3 is 0 Å². The lowest BCUT2D eigenvalue weighted by Gasteiger charge is -2.38. The average molecular weight is 443 g/mol. The number of aromatic nitrogens is 2. The number of benzene rings is 2. The number of likely N-dealkylation sites (N-methyl/N-ethyl adjacent to an activating group) is 2. The van der Waals surface area contributed by atoms with Crippen LogP contribution < -0.4 is 20.3 Å². The van der Waals surface area contributed by atoms with Crippen LogP contribution in [0.4, 0.5) is 23.1 Å². The number of nitrogens with zero attached hydrogens (tertiary/aromatic N) is 4. The van der Waals surface area contributed by atoms with Crippen molar-refractivity contribution in [2.75, 3.05) is 29.2 Å². The molecule has 0 saturated heterocycles. The monoisotopic (exact) mass is 442 g/mol. The second kappa shape index (κ2) is 8.02. The van der Waals surface area contributed by atoms with E-state index in [2.05, 4.69) is 15.3 Å². The molecule has 4 rings (SSSR count). The van der Waals surface area contributed by atoms with Gasteiger partial charge in [-0.2, -0.15) is 4.98 Å². The summed E-state index contributed by atoms with van der Waals surface area (Å²) in [5, 5.41) is 9.06. The van der Waals surface area contributed by atoms with E-state index in [1.54, 1.807) is 54.5 Å². The maximum Gasteiger partial charge on any atom is 0.254 e. The van der Waals surface area contributed by atoms with Gasteiger partial charge in [0.25, 0.3) is 5.91 Å². The molecule has 30 heavy (non-hydrogen) atoms. The van der Waals surface area contributed by atoms with Gasteiger partial charge in [-0.1, -0.05) is 23.7 Å². The van der Waals surface area contributed by atoms with Crippen LogP contribution in [0.1, 0.15) is 11.6 Å². The smallest absolute Gasteiger partial charge is 0.254 e. The standard InChI is InChI=1S/C20H19ClN6O2S/c1-26-16-11-23-20(24-14-6-8-15(9-7-14)30(22)29)25-18(16)27(2)17(19(26)28)12-4-3-5-13(21)10-12/h3-11,17H,22H2,1-2H3,(H,23,24,25). The lowest BCUT2D eigenvalue weighted by atomic mass is 10.0. The summed E-state index contributed by atoms with van der Waals surface area (Å²) in [6, 6.07) is 13.5. The summed E-state index contributed by atoms with van der Waals surface area (Å²) in [7, 11) is 1.98. The van der Waals surface area contributed by atoms with Crippen LogP contribution in [0.5, 0.6) is 0 Å². The summed E-state index contributed by atoms with van der Waals surface area (Å²) in [4.78, 5) is 25.8. The third-order valence-corrected chi connectivity index (χ3v) is 5.88. The Morgan fingerprint density at radius 2 is 1.90 bits per heavy atom. The van der Waals surface area contributed by atoms with E-state index >= 15 is 0 Å². The number of carbonyl (C=O) groups is 1. The second-order valence-electron chi connectivity index (χ2n) is 6.81. The first-order valence-electron chi connectivity index (χ1n) is 9.01. The van der Waals surface area contributed by atoms with Crippen LogP contribution in [0.25, 0.3) is 0 Å². The van der Waals surface area contributed by atoms with Crippen molar-refractivity contribution >= 4 is 51.6 Å². The molecule has 0 spiro atoms. The van der Waals surface area contributed by atoms with Crippen molar-refractivity contribution in [3.63, 3.8) is 0 Å². The molecular weight excluding hydrogens is 424 g/mol. The minimum Gasteiger partial charge on any atom is -0.342 e. The number of rotatable bonds is 4. The van der Waals surface area contributed by atoms with Crippen molar-refractivity contribution in [2.24, 2.45) is 5.14 Å². The van der Waals surface area contributed by atoms with Gasteiger partial charge in [0.2, 0.25) is 5.95 Å². The number of nitrogens with one attached hydrogen (secondary N) is 1. The van der Waals surface area contributed by atoms with Crippen LogP contribution in [-0.2, 0) is 15.8 Å². The van der Waals surface area contributed by atoms with Gasteiger partial charge in [0.15, 0.2) is 5.82 Å². The number of nitrogens with two attached hydrogens (primary N) is 1. The van der Waals surface area contributed by atoms with Crippen molar-refractivity contribution in [3.8, 4) is 0 Å². The Bertz CT molecular complexity index is 1140. The summed E-state index contributed by atoms with van der Waals surface area (Å²) in [6.07, 6.45) is 1.61. The Labute approximate surface area is 181 Å². The van der Waals surface area contributed by atoms with Crippen LogP contribution in [0.15, 0.2) is 59.6 Å². The minimum absolute atomic E-state index is 0.0954. The number of fused-ring (bicyclic) bond motifs is 1. The second-order valence-corrected chi connectivity index (χ2v) is 8.32. The highest BCUT2D eigenvalue weighted by Gasteiger charge is 2.37. The van der Waals surface area contributed by atoms with Crippen molar-refractivity contribution < 1.29 is 9.00 Å². The molecule has 0 bridgehead atoms. The number of amides is 1. The van der Waals surface area contributed by atoms with Gasteiger partial charge < -0.3 is 15.1 Å². The van der Waals surface area contributed by atoms with Crippen LogP contribution >= 0.6 is 11.6 Å². The summed E-state index contributed by atoms with van der Waals surface area (Å²) < 4.78 is 11.3. The van der Waals surface area contributed by atoms with Crippen molar-refractivity contribution in [3.05, 3.63) is 65.3 Å². The predicted molar refractivity (Wildman–Crippen MR) is 118 cm³/mol. The van der Waals surface area contributed by atoms with Gasteiger partial charge in [-0.25, -0.2) is 14.3 Å². The molecule has 1 amide bonds. The van der Waals surface area contributed by atoms with Gasteiger partial charge in [0.05, 0.1) is 11.1 Å². The molecule has 10 heteroatoms. The molecule has 0 saturated carbocycles. The summed E-state index contributed by atoms with van der Waals surface area (Å²) >= 11 is 6.14. The third-order valence-electron chi connectivity index (χ3n) is 4.90. The van der Waals surface area contributed by atoms with E-state index in [9.17, 15) is 9.00 Å². The highest BCUT2D eigenvalue weighted by Crippen LogP contribution is 2.39. The van der Waals surface area contributed by atoms with Gasteiger partial charge in [-0.3, -0.25) is 4.79 Å². The maximum absolute atomic E-state index is 13.0. The number of halogens is 1. The van der Waals surface area contributed by atoms with Crippen molar-refractivity contribution in [1.82, 2.24) is 9.97 Å². The fraction of sp³-hybridized carbons (Fsp3) is 0.150. The zero-order chi connectivity index (χ0) is 21.4. The van der Waals surface area contributed by atoms with E-state index in [4.69, 9.17) is 16.7 Å². The first-order valence-corrected chi connectivity index (χ1v) is 10.6. The quantitative estimate of drug-likeness (QED) is 0.643. The van der Waals surface area contributed by atoms with Crippen LogP contribution in [-0.4, -0.2) is 34.2 Å². The normalized spacial score (nSPS) is 16.9. The van der Waals surface area contributed by atoms with E-state index < -0.39 is 17.0 Å². The molecule has 3 N–H and O–H groups in total. The number of hydrogen-bond donors (Lipinski definition) is 2. The topological polar surface area (TPSA) is 104 Å². The molecule has 2 unspecified atom stereocenters. The molecular formula is C20H19ClN6O2S. The van der Waals surface area contributed by atoms with Gasteiger partial charge in [0, 0.05) is 24.8 Å². The van der Waals surface area contributed by atoms with Crippen LogP contribution in [0.2, 0.25) is 5.02 Å². The largest absolute Gasteiger partial charge is 0.342 e. The molecule has 0 radical (unpaired) electrons. The van der Waals surface area contributed by atoms with E-state index in [1.165, 1.54) is 0 Å². The fourth-order valence-electron chi connectivity index (χ4n) is 3.36. The SMILES string of the molecule is CN1C(=O)C(c2cccc(Cl)c2)N(C)c2nc(Nc3ccc(S(N)=O)cc3)ncc21. The molecule has 2 heterocycles. The minimum atomic E-state index is -1.53. The van der Waals surface area contributed by atoms with E-state index in [0.29, 0.717) is 27.4 Å². The van der Waals surface area contributed by atoms with Crippen molar-refractivity contribution in [2.45, 2.75) is 10.9 Å². The Morgan fingerprint density at radius 1 is 1.17 bits per heavy atom. The fourth-order valence-corrected chi connectivity index (χ4v) is 3.96. The molecule has 2 aromatic carbocycles. The number of hydrogen-bond acceptors (Lipinski definition) is 6. The number of carbonyl (C=O) groups excluding carboxylic acids is 1. The number of anilines is 4. The van der Waals surface area contributed by atoms with Crippen LogP contribution in [0, 0.1) is 0 Å². The lowest BCUT2D eigenvalue weighted by Crippen LogP contribution is -2.45. The highest BCUT2D eigenvalue weighted by molar-refractivity contribution is 7.82. The van der Waals surface area contributed by atoms with E-state index in [0.717, 1.165) is 11.3 Å². The first-order chi connectivity index (χ1) is 14.3. The third kappa shape index (κ3) is 3.74. The highest BCUT2D eigenvalue weighted by atomic mass is 35.5. The average Bonchev–Trinajstić information content (AvgIpc) is 2.73. The van der Waals surface area contributed by atoms with Gasteiger partial charge in [-0.15, -0.1) is 0 Å². The van der Waals surface area contributed by atoms with Gasteiger partial charge in [-0.05, 0) is 42.0 Å². The molecule has 3 aromatic rings. The molecule has 2 atom stereocenters. The molecule has 0 aliphatic carbocycles. The molecule has 8 nitrogen and oxygen atoms in total. The molecule has 154 valence electrons. The zero-order valence-electron chi connectivity index (χ0n) is 16.2. The molecule has 1 aromatic heterocycles. The Morgan fingerprint density at radius 3 is 2.57 bits per heavy atom. The molecule has 1 aliphatic heterocycles. The lowest BCUT2D eigenvalue weighted by molar-refractivity contribution is -0.120. The first kappa shape index (κ1) is 20.3. The summed E-state index contributed by atoms with van der Waals surface area (Å²) in [5.41, 5.74) is 2.12. The Kier molecular flexibility index (Phi) is 5.42. The summed E-state index contributed by atoms with van der Waals surface area (Å²) in [6.45, 7) is 0. The van der Waals surface area contributed by atoms with E-state index in [-0.39, 0.29) is 5.91 Å².